The number of fused-ring (bicyclic) bond motifs is 1. The van der Waals surface area contributed by atoms with E-state index in [9.17, 15) is 18.0 Å². The van der Waals surface area contributed by atoms with E-state index in [1.807, 2.05) is 37.3 Å². The molecule has 0 bridgehead atoms. The molecular formula is C27H33N3O7S. The van der Waals surface area contributed by atoms with Gasteiger partial charge in [0.15, 0.2) is 0 Å². The molecule has 204 valence electrons. The number of hydrogen-bond acceptors (Lipinski definition) is 7. The van der Waals surface area contributed by atoms with Crippen molar-refractivity contribution in [3.8, 4) is 11.3 Å². The zero-order chi connectivity index (χ0) is 27.4. The molecule has 38 heavy (non-hydrogen) atoms. The molecular weight excluding hydrogens is 510 g/mol. The zero-order valence-corrected chi connectivity index (χ0v) is 22.6. The Kier molecular flexibility index (Phi) is 8.49. The Morgan fingerprint density at radius 2 is 1.95 bits per heavy atom. The number of ether oxygens (including phenoxy) is 1. The quantitative estimate of drug-likeness (QED) is 0.276. The summed E-state index contributed by atoms with van der Waals surface area (Å²) >= 11 is 0. The molecule has 1 unspecified atom stereocenters. The number of aromatic nitrogens is 1. The van der Waals surface area contributed by atoms with Gasteiger partial charge in [-0.2, -0.15) is 0 Å². The van der Waals surface area contributed by atoms with Gasteiger partial charge in [0.1, 0.15) is 11.5 Å². The number of methoxy groups -OCH3 is 1. The maximum Gasteiger partial charge on any atom is 0.305 e. The first-order valence-corrected chi connectivity index (χ1v) is 14.2. The second-order valence-electron chi connectivity index (χ2n) is 9.65. The van der Waals surface area contributed by atoms with E-state index in [0.717, 1.165) is 29.5 Å². The number of carbonyl (C=O) groups excluding carboxylic acids is 1. The van der Waals surface area contributed by atoms with E-state index in [1.54, 1.807) is 7.05 Å². The van der Waals surface area contributed by atoms with E-state index >= 15 is 0 Å². The highest BCUT2D eigenvalue weighted by molar-refractivity contribution is 7.88. The number of sulfonamides is 1. The lowest BCUT2D eigenvalue weighted by Crippen LogP contribution is -2.28. The molecule has 11 heteroatoms. The van der Waals surface area contributed by atoms with E-state index in [-0.39, 0.29) is 36.3 Å². The summed E-state index contributed by atoms with van der Waals surface area (Å²) in [5.41, 5.74) is 3.60. The number of carbonyl (C=O) groups is 2. The van der Waals surface area contributed by atoms with Crippen LogP contribution in [0, 0.1) is 6.92 Å². The molecule has 2 heterocycles. The summed E-state index contributed by atoms with van der Waals surface area (Å²) in [6, 6.07) is 9.47. The Balaban J connectivity index is 1.60. The van der Waals surface area contributed by atoms with Gasteiger partial charge in [0.05, 0.1) is 29.2 Å². The first-order valence-electron chi connectivity index (χ1n) is 12.6. The normalized spacial score (nSPS) is 14.5. The third-order valence-corrected chi connectivity index (χ3v) is 7.96. The monoisotopic (exact) mass is 543 g/mol. The van der Waals surface area contributed by atoms with Crippen LogP contribution in [-0.4, -0.2) is 57.2 Å². The van der Waals surface area contributed by atoms with Crippen molar-refractivity contribution in [3.63, 3.8) is 0 Å². The van der Waals surface area contributed by atoms with Crippen molar-refractivity contribution < 1.29 is 32.3 Å². The lowest BCUT2D eigenvalue weighted by molar-refractivity contribution is -0.139. The highest BCUT2D eigenvalue weighted by Gasteiger charge is 2.32. The fourth-order valence-electron chi connectivity index (χ4n) is 4.48. The third kappa shape index (κ3) is 6.58. The van der Waals surface area contributed by atoms with Crippen molar-refractivity contribution >= 4 is 33.0 Å². The number of benzene rings is 1. The Bertz CT molecular complexity index is 1430. The minimum absolute atomic E-state index is 0.135. The van der Waals surface area contributed by atoms with E-state index in [2.05, 4.69) is 15.0 Å². The molecule has 3 aromatic rings. The molecule has 1 saturated carbocycles. The van der Waals surface area contributed by atoms with Gasteiger partial charge in [-0.1, -0.05) is 29.8 Å². The molecule has 0 radical (unpaired) electrons. The highest BCUT2D eigenvalue weighted by Crippen LogP contribution is 2.44. The fraction of sp³-hybridized carbons (Fsp3) is 0.444. The Labute approximate surface area is 221 Å². The number of rotatable bonds is 13. The number of amides is 1. The molecule has 0 spiro atoms. The van der Waals surface area contributed by atoms with Crippen molar-refractivity contribution in [2.75, 3.05) is 20.7 Å². The standard InChI is InChI=1S/C27H33N3O7S/c1-16-6-8-18(9-7-16)25-24(26(33)28-2)21-14-20(17-10-11-17)22(30-27(21)37-25)15-38(34,35)29-12-4-5-19(36-3)13-23(31)32/h6-9,14,17,19,29H,4-5,10-13,15H2,1-3H3,(H,28,33)(H,31,32). The van der Waals surface area contributed by atoms with E-state index in [0.29, 0.717) is 35.2 Å². The third-order valence-electron chi connectivity index (χ3n) is 6.67. The molecule has 2 aromatic heterocycles. The SMILES string of the molecule is CNC(=O)c1c(-c2ccc(C)cc2)oc2nc(CS(=O)(=O)NCCCC(CC(=O)O)OC)c(C3CC3)cc12. The predicted molar refractivity (Wildman–Crippen MR) is 142 cm³/mol. The topological polar surface area (TPSA) is 148 Å². The Morgan fingerprint density at radius 1 is 1.24 bits per heavy atom. The van der Waals surface area contributed by atoms with Crippen LogP contribution in [0.2, 0.25) is 0 Å². The summed E-state index contributed by atoms with van der Waals surface area (Å²) in [5.74, 6) is -1.02. The van der Waals surface area contributed by atoms with Crippen LogP contribution in [0.4, 0.5) is 0 Å². The maximum atomic E-state index is 12.9. The van der Waals surface area contributed by atoms with Gasteiger partial charge in [0.25, 0.3) is 5.91 Å². The van der Waals surface area contributed by atoms with Crippen LogP contribution in [0.5, 0.6) is 0 Å². The summed E-state index contributed by atoms with van der Waals surface area (Å²) < 4.78 is 39.7. The van der Waals surface area contributed by atoms with Crippen LogP contribution in [0.1, 0.15) is 65.2 Å². The highest BCUT2D eigenvalue weighted by atomic mass is 32.2. The Hall–Kier alpha value is -3.28. The number of nitrogens with zero attached hydrogens (tertiary/aromatic N) is 1. The molecule has 1 atom stereocenters. The van der Waals surface area contributed by atoms with E-state index in [4.69, 9.17) is 14.3 Å². The lowest BCUT2D eigenvalue weighted by atomic mass is 10.0. The number of pyridine rings is 1. The van der Waals surface area contributed by atoms with E-state index in [1.165, 1.54) is 7.11 Å². The minimum atomic E-state index is -3.73. The van der Waals surface area contributed by atoms with Crippen LogP contribution >= 0.6 is 0 Å². The summed E-state index contributed by atoms with van der Waals surface area (Å²) in [7, 11) is -0.739. The number of aliphatic carboxylic acids is 1. The van der Waals surface area contributed by atoms with Gasteiger partial charge < -0.3 is 19.6 Å². The first kappa shape index (κ1) is 27.7. The number of nitrogens with one attached hydrogen (secondary N) is 2. The van der Waals surface area contributed by atoms with Gasteiger partial charge in [-0.15, -0.1) is 0 Å². The average molecular weight is 544 g/mol. The van der Waals surface area contributed by atoms with Crippen molar-refractivity contribution in [2.24, 2.45) is 0 Å². The Morgan fingerprint density at radius 3 is 2.55 bits per heavy atom. The number of furan rings is 1. The van der Waals surface area contributed by atoms with Gasteiger partial charge in [-0.05, 0) is 50.2 Å². The van der Waals surface area contributed by atoms with Crippen LogP contribution in [0.25, 0.3) is 22.4 Å². The predicted octanol–water partition coefficient (Wildman–Crippen LogP) is 3.73. The molecule has 0 aliphatic heterocycles. The van der Waals surface area contributed by atoms with Crippen molar-refractivity contribution in [2.45, 2.75) is 56.8 Å². The second kappa shape index (κ2) is 11.6. The summed E-state index contributed by atoms with van der Waals surface area (Å²) in [6.45, 7) is 2.13. The van der Waals surface area contributed by atoms with Crippen molar-refractivity contribution in [1.82, 2.24) is 15.0 Å². The van der Waals surface area contributed by atoms with Crippen LogP contribution in [-0.2, 0) is 25.3 Å². The molecule has 4 rings (SSSR count). The second-order valence-corrected chi connectivity index (χ2v) is 11.5. The van der Waals surface area contributed by atoms with Gasteiger partial charge >= 0.3 is 5.97 Å². The van der Waals surface area contributed by atoms with E-state index < -0.39 is 22.1 Å². The molecule has 1 aliphatic rings. The number of carboxylic acids is 1. The van der Waals surface area contributed by atoms with Gasteiger partial charge in [0, 0.05) is 26.3 Å². The van der Waals surface area contributed by atoms with Crippen LogP contribution < -0.4 is 10.0 Å². The van der Waals surface area contributed by atoms with Crippen LogP contribution in [0.15, 0.2) is 34.7 Å². The zero-order valence-electron chi connectivity index (χ0n) is 21.7. The number of aryl methyl sites for hydroxylation is 1. The fourth-order valence-corrected chi connectivity index (χ4v) is 5.63. The molecule has 3 N–H and O–H groups in total. The van der Waals surface area contributed by atoms with Gasteiger partial charge in [0.2, 0.25) is 15.7 Å². The molecule has 1 aliphatic carbocycles. The van der Waals surface area contributed by atoms with Gasteiger partial charge in [-0.3, -0.25) is 9.59 Å². The molecule has 1 fully saturated rings. The lowest BCUT2D eigenvalue weighted by Gasteiger charge is -2.13. The summed E-state index contributed by atoms with van der Waals surface area (Å²) in [5, 5.41) is 12.2. The molecule has 1 aromatic carbocycles. The minimum Gasteiger partial charge on any atom is -0.481 e. The smallest absolute Gasteiger partial charge is 0.305 e. The summed E-state index contributed by atoms with van der Waals surface area (Å²) in [4.78, 5) is 28.4. The number of carboxylic acid groups (broad SMARTS) is 1. The first-order chi connectivity index (χ1) is 18.1. The maximum absolute atomic E-state index is 12.9. The molecule has 1 amide bonds. The van der Waals surface area contributed by atoms with Crippen LogP contribution in [0.3, 0.4) is 0 Å². The largest absolute Gasteiger partial charge is 0.481 e. The average Bonchev–Trinajstić information content (AvgIpc) is 3.65. The number of hydrogen-bond donors (Lipinski definition) is 3. The summed E-state index contributed by atoms with van der Waals surface area (Å²) in [6.07, 6.45) is 2.09. The van der Waals surface area contributed by atoms with Crippen molar-refractivity contribution in [3.05, 3.63) is 52.7 Å². The van der Waals surface area contributed by atoms with Crippen molar-refractivity contribution in [1.29, 1.82) is 0 Å². The molecule has 10 nitrogen and oxygen atoms in total. The van der Waals surface area contributed by atoms with Gasteiger partial charge in [-0.25, -0.2) is 18.1 Å². The molecule has 0 saturated heterocycles.